The molecule has 1 radical (unpaired) electrons. The van der Waals surface area contributed by atoms with Crippen LogP contribution in [0.1, 0.15) is 12.1 Å². The monoisotopic (exact) mass is 106 g/mol. The Morgan fingerprint density at radius 1 is 1.62 bits per heavy atom. The fraction of sp³-hybridized carbons (Fsp3) is 0.429. The fourth-order valence-electron chi connectivity index (χ4n) is 1.24. The van der Waals surface area contributed by atoms with Gasteiger partial charge in [-0.05, 0) is 18.9 Å². The van der Waals surface area contributed by atoms with Crippen molar-refractivity contribution in [3.05, 3.63) is 24.0 Å². The smallest absolute Gasteiger partial charge is 0.0254 e. The molecule has 0 saturated carbocycles. The van der Waals surface area contributed by atoms with E-state index in [0.29, 0.717) is 0 Å². The standard InChI is InChI=1S/C7H8N/c1-3-7-4-2-6-8(7)5-1/h1,5H,2,4,6H2. The van der Waals surface area contributed by atoms with Crippen molar-refractivity contribution in [3.8, 4) is 0 Å². The zero-order valence-electron chi connectivity index (χ0n) is 4.72. The number of hydrogen-bond acceptors (Lipinski definition) is 0. The first-order chi connectivity index (χ1) is 3.97. The van der Waals surface area contributed by atoms with E-state index >= 15 is 0 Å². The average molecular weight is 106 g/mol. The van der Waals surface area contributed by atoms with E-state index in [1.807, 2.05) is 6.07 Å². The maximum absolute atomic E-state index is 3.18. The molecule has 0 spiro atoms. The van der Waals surface area contributed by atoms with E-state index in [4.69, 9.17) is 0 Å². The molecule has 8 heavy (non-hydrogen) atoms. The minimum atomic E-state index is 1.21. The second kappa shape index (κ2) is 1.38. The predicted molar refractivity (Wildman–Crippen MR) is 31.6 cm³/mol. The first-order valence-corrected chi connectivity index (χ1v) is 3.02. The SMILES string of the molecule is [c]1ccn2c1CCC2. The van der Waals surface area contributed by atoms with Crippen LogP contribution < -0.4 is 0 Å². The number of fused-ring (bicyclic) bond motifs is 1. The van der Waals surface area contributed by atoms with E-state index in [9.17, 15) is 0 Å². The molecule has 1 nitrogen and oxygen atoms in total. The summed E-state index contributed by atoms with van der Waals surface area (Å²) in [7, 11) is 0. The number of rotatable bonds is 0. The molecule has 2 heterocycles. The Bertz CT molecular complexity index is 170. The molecule has 1 aromatic rings. The first-order valence-electron chi connectivity index (χ1n) is 3.02. The molecular formula is C7H8N. The normalized spacial score (nSPS) is 16.5. The molecular weight excluding hydrogens is 98.1 g/mol. The van der Waals surface area contributed by atoms with Crippen molar-refractivity contribution in [2.45, 2.75) is 19.4 Å². The summed E-state index contributed by atoms with van der Waals surface area (Å²) in [4.78, 5) is 0. The number of aryl methyl sites for hydroxylation is 2. The zero-order chi connectivity index (χ0) is 5.40. The van der Waals surface area contributed by atoms with Gasteiger partial charge in [-0.25, -0.2) is 0 Å². The quantitative estimate of drug-likeness (QED) is 0.469. The van der Waals surface area contributed by atoms with Crippen molar-refractivity contribution < 1.29 is 0 Å². The second-order valence-electron chi connectivity index (χ2n) is 2.20. The number of nitrogens with zero attached hydrogens (tertiary/aromatic N) is 1. The molecule has 1 aromatic heterocycles. The van der Waals surface area contributed by atoms with Gasteiger partial charge in [0.15, 0.2) is 0 Å². The summed E-state index contributed by atoms with van der Waals surface area (Å²) in [6.07, 6.45) is 4.64. The molecule has 0 aromatic carbocycles. The fourth-order valence-corrected chi connectivity index (χ4v) is 1.24. The maximum atomic E-state index is 3.18. The molecule has 0 saturated heterocycles. The van der Waals surface area contributed by atoms with Crippen LogP contribution in [0.3, 0.4) is 0 Å². The van der Waals surface area contributed by atoms with Gasteiger partial charge in [0, 0.05) is 24.5 Å². The van der Waals surface area contributed by atoms with Crippen LogP contribution in [0, 0.1) is 6.07 Å². The van der Waals surface area contributed by atoms with Crippen LogP contribution in [0.4, 0.5) is 0 Å². The van der Waals surface area contributed by atoms with Gasteiger partial charge in [-0.3, -0.25) is 0 Å². The van der Waals surface area contributed by atoms with Crippen molar-refractivity contribution in [1.29, 1.82) is 0 Å². The summed E-state index contributed by atoms with van der Waals surface area (Å²) >= 11 is 0. The van der Waals surface area contributed by atoms with Gasteiger partial charge in [0.05, 0.1) is 0 Å². The average Bonchev–Trinajstić information content (AvgIpc) is 2.15. The highest BCUT2D eigenvalue weighted by molar-refractivity contribution is 5.07. The first kappa shape index (κ1) is 4.19. The summed E-state index contributed by atoms with van der Waals surface area (Å²) in [5, 5.41) is 0. The van der Waals surface area contributed by atoms with E-state index < -0.39 is 0 Å². The molecule has 2 rings (SSSR count). The van der Waals surface area contributed by atoms with Gasteiger partial charge < -0.3 is 4.57 Å². The third-order valence-electron chi connectivity index (χ3n) is 1.66. The molecule has 0 bridgehead atoms. The highest BCUT2D eigenvalue weighted by Crippen LogP contribution is 2.12. The minimum absolute atomic E-state index is 1.21. The topological polar surface area (TPSA) is 4.93 Å². The van der Waals surface area contributed by atoms with Crippen molar-refractivity contribution in [1.82, 2.24) is 4.57 Å². The Hall–Kier alpha value is -0.720. The Morgan fingerprint density at radius 2 is 2.62 bits per heavy atom. The lowest BCUT2D eigenvalue weighted by Gasteiger charge is -1.90. The van der Waals surface area contributed by atoms with Crippen molar-refractivity contribution in [3.63, 3.8) is 0 Å². The Kier molecular flexibility index (Phi) is 0.720. The summed E-state index contributed by atoms with van der Waals surface area (Å²) in [6.45, 7) is 1.21. The maximum Gasteiger partial charge on any atom is 0.0254 e. The molecule has 0 atom stereocenters. The van der Waals surface area contributed by atoms with Crippen molar-refractivity contribution >= 4 is 0 Å². The number of aromatic nitrogens is 1. The summed E-state index contributed by atoms with van der Waals surface area (Å²) in [6, 6.07) is 5.18. The molecule has 41 valence electrons. The van der Waals surface area contributed by atoms with Gasteiger partial charge in [0.25, 0.3) is 0 Å². The van der Waals surface area contributed by atoms with Gasteiger partial charge in [0.2, 0.25) is 0 Å². The van der Waals surface area contributed by atoms with E-state index in [1.165, 1.54) is 25.1 Å². The molecule has 1 heteroatoms. The van der Waals surface area contributed by atoms with Crippen LogP contribution >= 0.6 is 0 Å². The van der Waals surface area contributed by atoms with Gasteiger partial charge in [-0.1, -0.05) is 0 Å². The molecule has 1 aliphatic rings. The molecule has 0 fully saturated rings. The minimum Gasteiger partial charge on any atom is -0.351 e. The van der Waals surface area contributed by atoms with Gasteiger partial charge in [-0.15, -0.1) is 0 Å². The van der Waals surface area contributed by atoms with Crippen LogP contribution in [0.25, 0.3) is 0 Å². The lowest BCUT2D eigenvalue weighted by Crippen LogP contribution is -1.86. The molecule has 0 N–H and O–H groups in total. The largest absolute Gasteiger partial charge is 0.351 e. The molecule has 0 unspecified atom stereocenters. The Labute approximate surface area is 48.9 Å². The van der Waals surface area contributed by atoms with E-state index in [2.05, 4.69) is 16.8 Å². The van der Waals surface area contributed by atoms with Crippen molar-refractivity contribution in [2.75, 3.05) is 0 Å². The van der Waals surface area contributed by atoms with Crippen LogP contribution in [0.15, 0.2) is 12.3 Å². The van der Waals surface area contributed by atoms with Crippen LogP contribution in [0.2, 0.25) is 0 Å². The summed E-state index contributed by atoms with van der Waals surface area (Å²) in [5.74, 6) is 0. The highest BCUT2D eigenvalue weighted by atomic mass is 15.0. The van der Waals surface area contributed by atoms with E-state index in [0.717, 1.165) is 0 Å². The number of hydrogen-bond donors (Lipinski definition) is 0. The zero-order valence-corrected chi connectivity index (χ0v) is 4.72. The van der Waals surface area contributed by atoms with Gasteiger partial charge in [0.1, 0.15) is 0 Å². The second-order valence-corrected chi connectivity index (χ2v) is 2.20. The third-order valence-corrected chi connectivity index (χ3v) is 1.66. The van der Waals surface area contributed by atoms with E-state index in [1.54, 1.807) is 0 Å². The van der Waals surface area contributed by atoms with Crippen LogP contribution in [0.5, 0.6) is 0 Å². The van der Waals surface area contributed by atoms with Gasteiger partial charge in [-0.2, -0.15) is 0 Å². The molecule has 1 aliphatic heterocycles. The highest BCUT2D eigenvalue weighted by Gasteiger charge is 2.06. The molecule has 0 aliphatic carbocycles. The lowest BCUT2D eigenvalue weighted by molar-refractivity contribution is 0.750. The third kappa shape index (κ3) is 0.414. The Balaban J connectivity index is 2.54. The van der Waals surface area contributed by atoms with Gasteiger partial charge >= 0.3 is 0 Å². The van der Waals surface area contributed by atoms with Crippen LogP contribution in [-0.2, 0) is 13.0 Å². The predicted octanol–water partition coefficient (Wildman–Crippen LogP) is 1.23. The van der Waals surface area contributed by atoms with Crippen LogP contribution in [-0.4, -0.2) is 4.57 Å². The summed E-state index contributed by atoms with van der Waals surface area (Å²) in [5.41, 5.74) is 1.38. The Morgan fingerprint density at radius 3 is 3.50 bits per heavy atom. The summed E-state index contributed by atoms with van der Waals surface area (Å²) < 4.78 is 2.26. The van der Waals surface area contributed by atoms with E-state index in [-0.39, 0.29) is 0 Å². The van der Waals surface area contributed by atoms with Crippen molar-refractivity contribution in [2.24, 2.45) is 0 Å². The lowest BCUT2D eigenvalue weighted by atomic mass is 10.3. The molecule has 0 amide bonds.